The Morgan fingerprint density at radius 1 is 1.16 bits per heavy atom. The third-order valence-electron chi connectivity index (χ3n) is 11.3. The lowest BCUT2D eigenvalue weighted by atomic mass is 9.68. The highest BCUT2D eigenvalue weighted by molar-refractivity contribution is 7.92. The van der Waals surface area contributed by atoms with Crippen LogP contribution in [0.25, 0.3) is 0 Å². The number of carbonyl (C=O) groups excluding carboxylic acids is 3. The fourth-order valence-electron chi connectivity index (χ4n) is 8.44. The summed E-state index contributed by atoms with van der Waals surface area (Å²) >= 11 is 6.47. The predicted molar refractivity (Wildman–Crippen MR) is 210 cm³/mol. The van der Waals surface area contributed by atoms with Gasteiger partial charge in [-0.15, -0.1) is 9.46 Å². The molecule has 1 saturated carbocycles. The minimum absolute atomic E-state index is 0.0541. The molecule has 13 nitrogen and oxygen atoms in total. The first-order valence-electron chi connectivity index (χ1n) is 18.8. The lowest BCUT2D eigenvalue weighted by Crippen LogP contribution is -2.50. The van der Waals surface area contributed by atoms with Crippen LogP contribution in [0.3, 0.4) is 0 Å². The molecule has 7 rings (SSSR count). The number of benzene rings is 2. The molecule has 15 heteroatoms. The molecule has 3 aromatic rings. The molecule has 294 valence electrons. The molecule has 55 heavy (non-hydrogen) atoms. The molecule has 0 radical (unpaired) electrons. The number of allylic oxidation sites excluding steroid dienone is 1. The van der Waals surface area contributed by atoms with Gasteiger partial charge in [-0.25, -0.2) is 9.00 Å². The minimum atomic E-state index is -3.68. The van der Waals surface area contributed by atoms with Gasteiger partial charge in [0.2, 0.25) is 5.88 Å². The van der Waals surface area contributed by atoms with E-state index in [1.165, 1.54) is 34.0 Å². The van der Waals surface area contributed by atoms with Crippen LogP contribution in [0.2, 0.25) is 5.02 Å². The number of hydrogen-bond acceptors (Lipinski definition) is 9. The highest BCUT2D eigenvalue weighted by atomic mass is 35.5. The maximum atomic E-state index is 14.7. The Balaban J connectivity index is 1.32. The van der Waals surface area contributed by atoms with E-state index in [-0.39, 0.29) is 45.9 Å². The summed E-state index contributed by atoms with van der Waals surface area (Å²) in [5.74, 6) is -0.904. The molecule has 2 aliphatic heterocycles. The summed E-state index contributed by atoms with van der Waals surface area (Å²) in [6, 6.07) is 11.3. The molecule has 0 saturated heterocycles. The van der Waals surface area contributed by atoms with E-state index in [9.17, 15) is 18.6 Å². The Labute approximate surface area is 327 Å². The minimum Gasteiger partial charge on any atom is -0.490 e. The average molecular weight is 793 g/mol. The molecule has 3 heterocycles. The van der Waals surface area contributed by atoms with Crippen LogP contribution in [0, 0.1) is 17.8 Å². The number of fused-ring (bicyclic) bond motifs is 4. The SMILES string of the molecule is COc1nn(C)cc1C(=O)NS1(=O)=NC(=O)c2ccc3c(c2)N(C[C@@H]2CC[C@H]2[C@@H](OC(=O)N(C)C)/C=C/C[C@H](C)C1)C[C@@]1(CCCc2cc(Cl)ccc21)CO3. The molecule has 3 amide bonds. The predicted octanol–water partition coefficient (Wildman–Crippen LogP) is 6.20. The van der Waals surface area contributed by atoms with Gasteiger partial charge >= 0.3 is 6.09 Å². The van der Waals surface area contributed by atoms with E-state index in [4.69, 9.17) is 25.8 Å². The molecule has 1 spiro atoms. The van der Waals surface area contributed by atoms with E-state index < -0.39 is 33.9 Å². The normalized spacial score (nSPS) is 28.3. The van der Waals surface area contributed by atoms with Crippen molar-refractivity contribution in [3.8, 4) is 11.6 Å². The summed E-state index contributed by atoms with van der Waals surface area (Å²) in [6.07, 6.45) is 9.52. The molecule has 1 unspecified atom stereocenters. The molecule has 1 aromatic heterocycles. The molecule has 2 aromatic carbocycles. The van der Waals surface area contributed by atoms with Crippen molar-refractivity contribution < 1.29 is 32.8 Å². The monoisotopic (exact) mass is 792 g/mol. The Bertz CT molecular complexity index is 2140. The van der Waals surface area contributed by atoms with Crippen molar-refractivity contribution in [2.45, 2.75) is 57.0 Å². The first-order chi connectivity index (χ1) is 26.3. The Kier molecular flexibility index (Phi) is 10.9. The summed E-state index contributed by atoms with van der Waals surface area (Å²) < 4.78 is 40.9. The number of aromatic nitrogens is 2. The van der Waals surface area contributed by atoms with Gasteiger partial charge in [0.05, 0.1) is 25.2 Å². The van der Waals surface area contributed by atoms with Gasteiger partial charge in [-0.3, -0.25) is 19.0 Å². The number of carbonyl (C=O) groups is 3. The molecule has 6 atom stereocenters. The van der Waals surface area contributed by atoms with Gasteiger partial charge in [-0.05, 0) is 97.9 Å². The zero-order valence-corrected chi connectivity index (χ0v) is 33.5. The van der Waals surface area contributed by atoms with Crippen molar-refractivity contribution in [1.29, 1.82) is 0 Å². The number of anilines is 1. The van der Waals surface area contributed by atoms with Gasteiger partial charge in [0.25, 0.3) is 11.8 Å². The number of halogens is 1. The Morgan fingerprint density at radius 3 is 2.73 bits per heavy atom. The van der Waals surface area contributed by atoms with Crippen LogP contribution < -0.4 is 19.1 Å². The second kappa shape index (κ2) is 15.5. The van der Waals surface area contributed by atoms with Crippen molar-refractivity contribution >= 4 is 45.1 Å². The van der Waals surface area contributed by atoms with E-state index in [1.54, 1.807) is 39.3 Å². The second-order valence-corrected chi connectivity index (χ2v) is 18.1. The number of rotatable bonds is 4. The van der Waals surface area contributed by atoms with Crippen LogP contribution in [0.15, 0.2) is 59.1 Å². The van der Waals surface area contributed by atoms with Gasteiger partial charge in [-0.2, -0.15) is 0 Å². The van der Waals surface area contributed by atoms with E-state index >= 15 is 0 Å². The number of aryl methyl sites for hydroxylation is 2. The molecule has 1 N–H and O–H groups in total. The summed E-state index contributed by atoms with van der Waals surface area (Å²) in [5, 5.41) is 4.85. The first kappa shape index (κ1) is 38.7. The van der Waals surface area contributed by atoms with E-state index in [1.807, 2.05) is 25.1 Å². The van der Waals surface area contributed by atoms with Crippen molar-refractivity contribution in [2.75, 3.05) is 51.6 Å². The number of ether oxygens (including phenoxy) is 3. The Hall–Kier alpha value is -4.56. The summed E-state index contributed by atoms with van der Waals surface area (Å²) in [4.78, 5) is 44.4. The maximum Gasteiger partial charge on any atom is 0.409 e. The molecule has 2 bridgehead atoms. The number of amides is 3. The number of hydrogen-bond donors (Lipinski definition) is 1. The topological polar surface area (TPSA) is 145 Å². The standard InChI is InChI=1S/C40H49ClN6O7S/c1-25-8-6-10-34(54-39(50)45(2)3)30-14-11-28(30)20-47-23-40(17-7-9-26-18-29(41)13-15-32(26)40)24-53-35-16-12-27(19-33(35)47)36(48)43-55(51,22-25)44-37(49)31-21-46(4)42-38(31)52-5/h6,10,12-13,15-16,18-19,21,25,28,30,34H,7-9,11,14,17,20,22-24H2,1-5H3,(H,43,44,48,49,51)/b10-6+/t25-,28-,30+,34-,40-,55?/m0/s1. The summed E-state index contributed by atoms with van der Waals surface area (Å²) in [5.41, 5.74) is 3.12. The molecule has 2 aliphatic carbocycles. The third kappa shape index (κ3) is 8.07. The lowest BCUT2D eigenvalue weighted by Gasteiger charge is -2.46. The van der Waals surface area contributed by atoms with Crippen LogP contribution in [0.1, 0.15) is 70.9 Å². The van der Waals surface area contributed by atoms with Gasteiger partial charge in [0.15, 0.2) is 0 Å². The fourth-order valence-corrected chi connectivity index (χ4v) is 10.5. The largest absolute Gasteiger partial charge is 0.490 e. The van der Waals surface area contributed by atoms with Crippen LogP contribution in [0.5, 0.6) is 11.6 Å². The number of nitrogens with zero attached hydrogens (tertiary/aromatic N) is 5. The van der Waals surface area contributed by atoms with Gasteiger partial charge in [-0.1, -0.05) is 30.7 Å². The summed E-state index contributed by atoms with van der Waals surface area (Å²) in [6.45, 7) is 3.59. The van der Waals surface area contributed by atoms with Crippen LogP contribution >= 0.6 is 11.6 Å². The van der Waals surface area contributed by atoms with Gasteiger partial charge in [0, 0.05) is 62.3 Å². The molecular formula is C40H49ClN6O7S. The zero-order chi connectivity index (χ0) is 39.1. The van der Waals surface area contributed by atoms with E-state index in [0.717, 1.165) is 37.8 Å². The highest BCUT2D eigenvalue weighted by Gasteiger charge is 2.45. The number of nitrogens with one attached hydrogen (secondary N) is 1. The average Bonchev–Trinajstić information content (AvgIpc) is 3.44. The smallest absolute Gasteiger partial charge is 0.409 e. The van der Waals surface area contributed by atoms with Crippen molar-refractivity contribution in [3.63, 3.8) is 0 Å². The van der Waals surface area contributed by atoms with E-state index in [0.29, 0.717) is 36.9 Å². The van der Waals surface area contributed by atoms with Gasteiger partial charge in [0.1, 0.15) is 27.3 Å². The molecule has 4 aliphatic rings. The van der Waals surface area contributed by atoms with Gasteiger partial charge < -0.3 is 24.0 Å². The quantitative estimate of drug-likeness (QED) is 0.306. The van der Waals surface area contributed by atoms with Crippen LogP contribution in [0.4, 0.5) is 10.5 Å². The van der Waals surface area contributed by atoms with Crippen LogP contribution in [-0.2, 0) is 33.5 Å². The van der Waals surface area contributed by atoms with Crippen molar-refractivity contribution in [2.24, 2.45) is 29.2 Å². The zero-order valence-electron chi connectivity index (χ0n) is 32.0. The third-order valence-corrected chi connectivity index (χ3v) is 13.6. The first-order valence-corrected chi connectivity index (χ1v) is 20.9. The molecule has 1 fully saturated rings. The molecular weight excluding hydrogens is 744 g/mol. The highest BCUT2D eigenvalue weighted by Crippen LogP contribution is 2.47. The Morgan fingerprint density at radius 2 is 1.98 bits per heavy atom. The maximum absolute atomic E-state index is 14.7. The fraction of sp³-hybridized carbons (Fsp3) is 0.500. The van der Waals surface area contributed by atoms with Crippen LogP contribution in [-0.4, -0.2) is 89.6 Å². The number of methoxy groups -OCH3 is 1. The van der Waals surface area contributed by atoms with E-state index in [2.05, 4.69) is 31.2 Å². The second-order valence-electron chi connectivity index (χ2n) is 15.7. The van der Waals surface area contributed by atoms with Crippen molar-refractivity contribution in [3.05, 3.63) is 82.0 Å². The lowest BCUT2D eigenvalue weighted by molar-refractivity contribution is 0.0140. The summed E-state index contributed by atoms with van der Waals surface area (Å²) in [7, 11) is 2.68. The van der Waals surface area contributed by atoms with Crippen molar-refractivity contribution in [1.82, 2.24) is 19.4 Å².